The van der Waals surface area contributed by atoms with Crippen LogP contribution in [0.3, 0.4) is 0 Å². The fraction of sp³-hybridized carbons (Fsp3) is 0.308. The second kappa shape index (κ2) is 10.3. The van der Waals surface area contributed by atoms with Gasteiger partial charge in [0, 0.05) is 24.7 Å². The number of anilines is 1. The summed E-state index contributed by atoms with van der Waals surface area (Å²) in [6.07, 6.45) is 1.17. The standard InChI is InChI=1S/C26H27N3O6S2/c1-17-14-28(15-18(2)35-17)37(31,32)22-9-6-19(7-10-22)25(30)29(16-21-5-4-12-34-21)26-27-23-13-20(33-3)8-11-24(23)36-26/h4-13,17-18H,14-16H2,1-3H3. The van der Waals surface area contributed by atoms with E-state index in [9.17, 15) is 13.2 Å². The SMILES string of the molecule is COc1ccc2sc(N(Cc3ccco3)C(=O)c3ccc(S(=O)(=O)N4CC(C)OC(C)C4)cc3)nc2c1. The van der Waals surface area contributed by atoms with Crippen molar-refractivity contribution in [2.75, 3.05) is 25.1 Å². The molecule has 0 saturated carbocycles. The number of morpholine rings is 1. The molecule has 194 valence electrons. The number of nitrogens with zero attached hydrogens (tertiary/aromatic N) is 3. The summed E-state index contributed by atoms with van der Waals surface area (Å²) in [4.78, 5) is 20.0. The van der Waals surface area contributed by atoms with Crippen molar-refractivity contribution in [2.24, 2.45) is 0 Å². The summed E-state index contributed by atoms with van der Waals surface area (Å²) in [5.41, 5.74) is 1.05. The normalized spacial score (nSPS) is 18.7. The first-order valence-electron chi connectivity index (χ1n) is 11.8. The Balaban J connectivity index is 1.44. The van der Waals surface area contributed by atoms with E-state index >= 15 is 0 Å². The summed E-state index contributed by atoms with van der Waals surface area (Å²) in [5, 5.41) is 0.498. The highest BCUT2D eigenvalue weighted by Gasteiger charge is 2.32. The largest absolute Gasteiger partial charge is 0.497 e. The first-order valence-corrected chi connectivity index (χ1v) is 14.0. The van der Waals surface area contributed by atoms with Gasteiger partial charge in [-0.3, -0.25) is 9.69 Å². The van der Waals surface area contributed by atoms with E-state index in [1.54, 1.807) is 25.5 Å². The minimum atomic E-state index is -3.72. The average Bonchev–Trinajstić information content (AvgIpc) is 3.55. The van der Waals surface area contributed by atoms with Gasteiger partial charge in [-0.05, 0) is 62.4 Å². The van der Waals surface area contributed by atoms with Crippen molar-refractivity contribution >= 4 is 42.6 Å². The van der Waals surface area contributed by atoms with E-state index in [1.165, 1.54) is 44.8 Å². The third kappa shape index (κ3) is 5.26. The fourth-order valence-electron chi connectivity index (χ4n) is 4.32. The molecule has 2 unspecified atom stereocenters. The van der Waals surface area contributed by atoms with E-state index in [1.807, 2.05) is 32.0 Å². The second-order valence-electron chi connectivity index (χ2n) is 8.90. The Labute approximate surface area is 219 Å². The van der Waals surface area contributed by atoms with Crippen molar-refractivity contribution in [2.45, 2.75) is 37.5 Å². The molecule has 0 aliphatic carbocycles. The number of fused-ring (bicyclic) bond motifs is 1. The Kier molecular flexibility index (Phi) is 7.04. The Morgan fingerprint density at radius 1 is 1.14 bits per heavy atom. The molecule has 2 atom stereocenters. The molecular formula is C26H27N3O6S2. The van der Waals surface area contributed by atoms with Gasteiger partial charge in [0.15, 0.2) is 5.13 Å². The molecule has 2 aromatic carbocycles. The van der Waals surface area contributed by atoms with Crippen LogP contribution in [-0.4, -0.2) is 56.0 Å². The van der Waals surface area contributed by atoms with Crippen LogP contribution in [0.15, 0.2) is 70.2 Å². The van der Waals surface area contributed by atoms with Crippen LogP contribution < -0.4 is 9.64 Å². The van der Waals surface area contributed by atoms with Crippen molar-refractivity contribution in [3.8, 4) is 5.75 Å². The van der Waals surface area contributed by atoms with Gasteiger partial charge in [-0.25, -0.2) is 13.4 Å². The van der Waals surface area contributed by atoms with Crippen LogP contribution in [0.5, 0.6) is 5.75 Å². The zero-order valence-electron chi connectivity index (χ0n) is 20.7. The molecule has 0 radical (unpaired) electrons. The van der Waals surface area contributed by atoms with Crippen LogP contribution in [0.2, 0.25) is 0 Å². The maximum Gasteiger partial charge on any atom is 0.260 e. The Bertz CT molecular complexity index is 1490. The molecule has 5 rings (SSSR count). The van der Waals surface area contributed by atoms with E-state index in [4.69, 9.17) is 13.9 Å². The molecule has 0 N–H and O–H groups in total. The Hall–Kier alpha value is -3.25. The topological polar surface area (TPSA) is 102 Å². The number of hydrogen-bond donors (Lipinski definition) is 0. The van der Waals surface area contributed by atoms with E-state index in [2.05, 4.69) is 4.98 Å². The van der Waals surface area contributed by atoms with Crippen molar-refractivity contribution in [3.05, 3.63) is 72.2 Å². The highest BCUT2D eigenvalue weighted by Crippen LogP contribution is 2.33. The molecule has 1 aliphatic rings. The summed E-state index contributed by atoms with van der Waals surface area (Å²) < 4.78 is 45.2. The van der Waals surface area contributed by atoms with Crippen LogP contribution >= 0.6 is 11.3 Å². The number of carbonyl (C=O) groups excluding carboxylic acids is 1. The highest BCUT2D eigenvalue weighted by molar-refractivity contribution is 7.89. The number of sulfonamides is 1. The Morgan fingerprint density at radius 3 is 2.51 bits per heavy atom. The van der Waals surface area contributed by atoms with Gasteiger partial charge >= 0.3 is 0 Å². The highest BCUT2D eigenvalue weighted by atomic mass is 32.2. The summed E-state index contributed by atoms with van der Waals surface area (Å²) in [6.45, 7) is 4.45. The summed E-state index contributed by atoms with van der Waals surface area (Å²) in [5.74, 6) is 0.953. The smallest absolute Gasteiger partial charge is 0.260 e. The number of rotatable bonds is 7. The van der Waals surface area contributed by atoms with Gasteiger partial charge in [-0.15, -0.1) is 0 Å². The maximum atomic E-state index is 13.7. The van der Waals surface area contributed by atoms with Gasteiger partial charge in [0.25, 0.3) is 5.91 Å². The zero-order chi connectivity index (χ0) is 26.2. The molecule has 1 aliphatic heterocycles. The maximum absolute atomic E-state index is 13.7. The fourth-order valence-corrected chi connectivity index (χ4v) is 6.86. The molecule has 11 heteroatoms. The molecular weight excluding hydrogens is 514 g/mol. The van der Waals surface area contributed by atoms with Gasteiger partial charge in [-0.1, -0.05) is 11.3 Å². The molecule has 1 saturated heterocycles. The predicted molar refractivity (Wildman–Crippen MR) is 141 cm³/mol. The van der Waals surface area contributed by atoms with Crippen molar-refractivity contribution in [3.63, 3.8) is 0 Å². The molecule has 3 heterocycles. The second-order valence-corrected chi connectivity index (χ2v) is 11.9. The summed E-state index contributed by atoms with van der Waals surface area (Å²) >= 11 is 1.38. The number of carbonyl (C=O) groups is 1. The average molecular weight is 542 g/mol. The first-order chi connectivity index (χ1) is 17.7. The van der Waals surface area contributed by atoms with Crippen molar-refractivity contribution in [1.29, 1.82) is 0 Å². The number of benzene rings is 2. The molecule has 1 fully saturated rings. The van der Waals surface area contributed by atoms with E-state index in [0.29, 0.717) is 27.7 Å². The third-order valence-electron chi connectivity index (χ3n) is 6.08. The number of furan rings is 1. The van der Waals surface area contributed by atoms with Gasteiger partial charge < -0.3 is 13.9 Å². The molecule has 0 spiro atoms. The van der Waals surface area contributed by atoms with Gasteiger partial charge in [-0.2, -0.15) is 4.31 Å². The lowest BCUT2D eigenvalue weighted by Crippen LogP contribution is -2.48. The number of ether oxygens (including phenoxy) is 2. The summed E-state index contributed by atoms with van der Waals surface area (Å²) in [6, 6.07) is 15.1. The van der Waals surface area contributed by atoms with Crippen LogP contribution in [0.25, 0.3) is 10.2 Å². The number of aromatic nitrogens is 1. The van der Waals surface area contributed by atoms with Crippen LogP contribution in [0, 0.1) is 0 Å². The lowest BCUT2D eigenvalue weighted by atomic mass is 10.2. The quantitative estimate of drug-likeness (QED) is 0.338. The van der Waals surface area contributed by atoms with Crippen LogP contribution in [0.4, 0.5) is 5.13 Å². The summed E-state index contributed by atoms with van der Waals surface area (Å²) in [7, 11) is -2.13. The lowest BCUT2D eigenvalue weighted by Gasteiger charge is -2.34. The van der Waals surface area contributed by atoms with Crippen molar-refractivity contribution < 1.29 is 27.1 Å². The van der Waals surface area contributed by atoms with Gasteiger partial charge in [0.1, 0.15) is 11.5 Å². The Morgan fingerprint density at radius 2 is 1.86 bits per heavy atom. The van der Waals surface area contributed by atoms with Crippen LogP contribution in [0.1, 0.15) is 30.0 Å². The van der Waals surface area contributed by atoms with Gasteiger partial charge in [0.2, 0.25) is 10.0 Å². The molecule has 1 amide bonds. The van der Waals surface area contributed by atoms with Crippen molar-refractivity contribution in [1.82, 2.24) is 9.29 Å². The van der Waals surface area contributed by atoms with Gasteiger partial charge in [0.05, 0.1) is 47.2 Å². The van der Waals surface area contributed by atoms with E-state index in [-0.39, 0.29) is 42.6 Å². The molecule has 9 nitrogen and oxygen atoms in total. The monoisotopic (exact) mass is 541 g/mol. The number of hydrogen-bond acceptors (Lipinski definition) is 8. The van der Waals surface area contributed by atoms with E-state index in [0.717, 1.165) is 4.70 Å². The molecule has 37 heavy (non-hydrogen) atoms. The zero-order valence-corrected chi connectivity index (χ0v) is 22.3. The number of methoxy groups -OCH3 is 1. The molecule has 4 aromatic rings. The lowest BCUT2D eigenvalue weighted by molar-refractivity contribution is -0.0440. The predicted octanol–water partition coefficient (Wildman–Crippen LogP) is 4.54. The first kappa shape index (κ1) is 25.4. The number of amides is 1. The van der Waals surface area contributed by atoms with E-state index < -0.39 is 10.0 Å². The van der Waals surface area contributed by atoms with Crippen LogP contribution in [-0.2, 0) is 21.3 Å². The minimum absolute atomic E-state index is 0.134. The number of thiazole rings is 1. The minimum Gasteiger partial charge on any atom is -0.497 e. The molecule has 0 bridgehead atoms. The molecule has 2 aromatic heterocycles. The third-order valence-corrected chi connectivity index (χ3v) is 8.98.